The Kier molecular flexibility index (Phi) is 5.24. The lowest BCUT2D eigenvalue weighted by Gasteiger charge is -2.06. The number of carbonyl (C=O) groups excluding carboxylic acids is 1. The molecule has 1 fully saturated rings. The van der Waals surface area contributed by atoms with E-state index in [1.807, 2.05) is 0 Å². The fraction of sp³-hybridized carbons (Fsp3) is 0.357. The number of benzene rings is 1. The van der Waals surface area contributed by atoms with E-state index in [-0.39, 0.29) is 11.7 Å². The molecule has 3 rings (SSSR count). The van der Waals surface area contributed by atoms with Gasteiger partial charge in [-0.25, -0.2) is 4.68 Å². The molecule has 1 amide bonds. The molecule has 24 heavy (non-hydrogen) atoms. The largest absolute Gasteiger partial charge is 0.336 e. The number of nitrogens with one attached hydrogen (secondary N) is 1. The molecular weight excluding hydrogens is 356 g/mol. The highest BCUT2D eigenvalue weighted by atomic mass is 32.2. The van der Waals surface area contributed by atoms with Gasteiger partial charge in [0.1, 0.15) is 0 Å². The van der Waals surface area contributed by atoms with Gasteiger partial charge < -0.3 is 11.2 Å². The summed E-state index contributed by atoms with van der Waals surface area (Å²) in [5.74, 6) is 4.49. The van der Waals surface area contributed by atoms with Gasteiger partial charge in [-0.1, -0.05) is 23.5 Å². The molecular formula is C14H15F2N5OS2. The molecule has 1 aliphatic carbocycles. The second kappa shape index (κ2) is 7.39. The van der Waals surface area contributed by atoms with Gasteiger partial charge in [-0.2, -0.15) is 8.78 Å². The number of nitrogens with two attached hydrogens (primary N) is 1. The Hall–Kier alpha value is -1.81. The molecule has 0 atom stereocenters. The fourth-order valence-corrected chi connectivity index (χ4v) is 3.22. The molecule has 10 heteroatoms. The highest BCUT2D eigenvalue weighted by Crippen LogP contribution is 2.39. The smallest absolute Gasteiger partial charge is 0.288 e. The van der Waals surface area contributed by atoms with Gasteiger partial charge in [-0.15, -0.1) is 10.2 Å². The molecule has 1 heterocycles. The minimum absolute atomic E-state index is 0.132. The number of thioether (sulfide) groups is 2. The van der Waals surface area contributed by atoms with Crippen LogP contribution in [0.3, 0.4) is 0 Å². The molecule has 128 valence electrons. The SMILES string of the molecule is Nn1c(SCC(=O)Nc2ccc(SC(F)F)cc2)nnc1C1CC1. The summed E-state index contributed by atoms with van der Waals surface area (Å²) in [6, 6.07) is 6.25. The van der Waals surface area contributed by atoms with Crippen molar-refractivity contribution in [1.29, 1.82) is 0 Å². The van der Waals surface area contributed by atoms with Crippen LogP contribution in [0, 0.1) is 0 Å². The third-order valence-electron chi connectivity index (χ3n) is 3.33. The zero-order valence-electron chi connectivity index (χ0n) is 12.5. The topological polar surface area (TPSA) is 85.8 Å². The minimum Gasteiger partial charge on any atom is -0.336 e. The number of hydrogen-bond donors (Lipinski definition) is 2. The van der Waals surface area contributed by atoms with Crippen molar-refractivity contribution in [3.05, 3.63) is 30.1 Å². The first-order chi connectivity index (χ1) is 11.5. The molecule has 1 aromatic carbocycles. The molecule has 0 radical (unpaired) electrons. The Morgan fingerprint density at radius 2 is 2.04 bits per heavy atom. The van der Waals surface area contributed by atoms with Crippen LogP contribution in [0.5, 0.6) is 0 Å². The standard InChI is InChI=1S/C14H15F2N5OS2/c15-13(16)24-10-5-3-9(4-6-10)18-11(22)7-23-14-20-19-12(21(14)17)8-1-2-8/h3-6,8,13H,1-2,7,17H2,(H,18,22). The van der Waals surface area contributed by atoms with Crippen molar-refractivity contribution in [2.24, 2.45) is 0 Å². The van der Waals surface area contributed by atoms with Gasteiger partial charge in [0.25, 0.3) is 5.76 Å². The number of alkyl halides is 2. The maximum Gasteiger partial charge on any atom is 0.288 e. The van der Waals surface area contributed by atoms with Crippen LogP contribution in [0.25, 0.3) is 0 Å². The van der Waals surface area contributed by atoms with Crippen LogP contribution in [-0.2, 0) is 4.79 Å². The predicted molar refractivity (Wildman–Crippen MR) is 89.8 cm³/mol. The van der Waals surface area contributed by atoms with E-state index >= 15 is 0 Å². The van der Waals surface area contributed by atoms with Gasteiger partial charge in [-0.3, -0.25) is 4.79 Å². The highest BCUT2D eigenvalue weighted by Gasteiger charge is 2.30. The number of anilines is 1. The number of aromatic nitrogens is 3. The second-order valence-electron chi connectivity index (χ2n) is 5.22. The van der Waals surface area contributed by atoms with Gasteiger partial charge in [0.2, 0.25) is 11.1 Å². The third-order valence-corrected chi connectivity index (χ3v) is 4.99. The summed E-state index contributed by atoms with van der Waals surface area (Å²) in [7, 11) is 0. The molecule has 1 aliphatic rings. The monoisotopic (exact) mass is 371 g/mol. The third kappa shape index (κ3) is 4.38. The Morgan fingerprint density at radius 1 is 1.33 bits per heavy atom. The summed E-state index contributed by atoms with van der Waals surface area (Å²) in [5, 5.41) is 11.2. The molecule has 0 spiro atoms. The summed E-state index contributed by atoms with van der Waals surface area (Å²) in [6.07, 6.45) is 2.14. The van der Waals surface area contributed by atoms with E-state index in [1.54, 1.807) is 12.1 Å². The summed E-state index contributed by atoms with van der Waals surface area (Å²) in [5.41, 5.74) is 0.548. The van der Waals surface area contributed by atoms with Crippen molar-refractivity contribution >= 4 is 35.1 Å². The van der Waals surface area contributed by atoms with Crippen LogP contribution in [0.4, 0.5) is 14.5 Å². The van der Waals surface area contributed by atoms with Gasteiger partial charge in [0, 0.05) is 16.5 Å². The molecule has 6 nitrogen and oxygen atoms in total. The molecule has 1 aromatic heterocycles. The second-order valence-corrected chi connectivity index (χ2v) is 7.23. The first kappa shape index (κ1) is 17.0. The van der Waals surface area contributed by atoms with Gasteiger partial charge in [-0.05, 0) is 37.1 Å². The molecule has 1 saturated carbocycles. The van der Waals surface area contributed by atoms with Crippen molar-refractivity contribution in [3.8, 4) is 0 Å². The van der Waals surface area contributed by atoms with E-state index in [0.717, 1.165) is 18.7 Å². The van der Waals surface area contributed by atoms with Crippen LogP contribution in [0.2, 0.25) is 0 Å². The lowest BCUT2D eigenvalue weighted by atomic mass is 10.3. The van der Waals surface area contributed by atoms with E-state index in [0.29, 0.717) is 33.4 Å². The minimum atomic E-state index is -2.46. The van der Waals surface area contributed by atoms with E-state index < -0.39 is 5.76 Å². The first-order valence-corrected chi connectivity index (χ1v) is 9.07. The van der Waals surface area contributed by atoms with Crippen LogP contribution in [0.15, 0.2) is 34.3 Å². The lowest BCUT2D eigenvalue weighted by molar-refractivity contribution is -0.113. The number of hydrogen-bond acceptors (Lipinski definition) is 6. The average molecular weight is 371 g/mol. The maximum atomic E-state index is 12.2. The molecule has 0 aliphatic heterocycles. The number of nitrogen functional groups attached to an aromatic ring is 1. The number of carbonyl (C=O) groups is 1. The van der Waals surface area contributed by atoms with Crippen molar-refractivity contribution in [1.82, 2.24) is 14.9 Å². The summed E-state index contributed by atoms with van der Waals surface area (Å²) < 4.78 is 25.9. The van der Waals surface area contributed by atoms with Crippen LogP contribution in [-0.4, -0.2) is 32.3 Å². The van der Waals surface area contributed by atoms with E-state index in [1.165, 1.54) is 28.6 Å². The van der Waals surface area contributed by atoms with Crippen molar-refractivity contribution in [3.63, 3.8) is 0 Å². The van der Waals surface area contributed by atoms with Crippen molar-refractivity contribution in [2.45, 2.75) is 34.6 Å². The zero-order chi connectivity index (χ0) is 17.1. The highest BCUT2D eigenvalue weighted by molar-refractivity contribution is 8.00. The van der Waals surface area contributed by atoms with E-state index in [2.05, 4.69) is 15.5 Å². The van der Waals surface area contributed by atoms with Crippen molar-refractivity contribution in [2.75, 3.05) is 16.9 Å². The van der Waals surface area contributed by atoms with E-state index in [4.69, 9.17) is 5.84 Å². The average Bonchev–Trinajstić information content (AvgIpc) is 3.31. The molecule has 2 aromatic rings. The molecule has 0 unspecified atom stereocenters. The Morgan fingerprint density at radius 3 is 2.67 bits per heavy atom. The Labute approximate surface area is 145 Å². The molecule has 0 bridgehead atoms. The summed E-state index contributed by atoms with van der Waals surface area (Å²) >= 11 is 1.66. The number of rotatable bonds is 7. The zero-order valence-corrected chi connectivity index (χ0v) is 14.1. The Bertz CT molecular complexity index is 718. The Balaban J connectivity index is 1.50. The van der Waals surface area contributed by atoms with Crippen molar-refractivity contribution < 1.29 is 13.6 Å². The number of halogens is 2. The number of nitrogens with zero attached hydrogens (tertiary/aromatic N) is 3. The van der Waals surface area contributed by atoms with E-state index in [9.17, 15) is 13.6 Å². The van der Waals surface area contributed by atoms with Gasteiger partial charge in [0.05, 0.1) is 5.75 Å². The van der Waals surface area contributed by atoms with Crippen LogP contribution in [0.1, 0.15) is 24.6 Å². The first-order valence-electron chi connectivity index (χ1n) is 7.21. The maximum absolute atomic E-state index is 12.2. The quantitative estimate of drug-likeness (QED) is 0.575. The summed E-state index contributed by atoms with van der Waals surface area (Å²) in [4.78, 5) is 12.4. The fourth-order valence-electron chi connectivity index (χ4n) is 2.05. The number of amides is 1. The van der Waals surface area contributed by atoms with Gasteiger partial charge >= 0.3 is 0 Å². The van der Waals surface area contributed by atoms with Gasteiger partial charge in [0.15, 0.2) is 5.82 Å². The summed E-state index contributed by atoms with van der Waals surface area (Å²) in [6.45, 7) is 0. The predicted octanol–water partition coefficient (Wildman–Crippen LogP) is 2.91. The molecule has 3 N–H and O–H groups in total. The molecule has 0 saturated heterocycles. The van der Waals surface area contributed by atoms with Crippen LogP contribution >= 0.6 is 23.5 Å². The normalized spacial score (nSPS) is 14.1. The lowest BCUT2D eigenvalue weighted by Crippen LogP contribution is -2.17. The van der Waals surface area contributed by atoms with Crippen LogP contribution < -0.4 is 11.2 Å².